The lowest BCUT2D eigenvalue weighted by Gasteiger charge is -2.08. The molecule has 0 unspecified atom stereocenters. The number of benzene rings is 2. The number of carbonyl (C=O) groups is 1. The van der Waals surface area contributed by atoms with Crippen LogP contribution in [0.2, 0.25) is 5.02 Å². The molecule has 3 rings (SSSR count). The first-order valence-corrected chi connectivity index (χ1v) is 9.32. The maximum Gasteiger partial charge on any atom is 0.284 e. The number of aryl methyl sites for hydroxylation is 1. The van der Waals surface area contributed by atoms with Gasteiger partial charge in [-0.25, -0.2) is 0 Å². The zero-order valence-corrected chi connectivity index (χ0v) is 17.3. The molecule has 1 aromatic heterocycles. The van der Waals surface area contributed by atoms with Gasteiger partial charge < -0.3 is 14.5 Å². The number of furan rings is 1. The summed E-state index contributed by atoms with van der Waals surface area (Å²) in [6, 6.07) is 14.2. The normalized spacial score (nSPS) is 11.0. The lowest BCUT2D eigenvalue weighted by Crippen LogP contribution is -2.14. The van der Waals surface area contributed by atoms with Crippen molar-refractivity contribution in [2.24, 2.45) is 0 Å². The minimum absolute atomic E-state index is 0.189. The lowest BCUT2D eigenvalue weighted by atomic mass is 10.1. The third kappa shape index (κ3) is 4.91. The minimum atomic E-state index is -0.638. The molecule has 0 radical (unpaired) electrons. The molecule has 0 bridgehead atoms. The van der Waals surface area contributed by atoms with Crippen LogP contribution in [-0.2, 0) is 4.79 Å². The van der Waals surface area contributed by atoms with Crippen molar-refractivity contribution < 1.29 is 18.9 Å². The summed E-state index contributed by atoms with van der Waals surface area (Å²) in [6.07, 6.45) is 1.26. The van der Waals surface area contributed by atoms with Gasteiger partial charge in [0.25, 0.3) is 11.6 Å². The number of methoxy groups -OCH3 is 1. The van der Waals surface area contributed by atoms with Gasteiger partial charge in [0.05, 0.1) is 23.7 Å². The topological polar surface area (TPSA) is 118 Å². The van der Waals surface area contributed by atoms with Crippen LogP contribution in [0.4, 0.5) is 11.4 Å². The van der Waals surface area contributed by atoms with Crippen LogP contribution >= 0.6 is 11.6 Å². The molecule has 0 aliphatic carbocycles. The van der Waals surface area contributed by atoms with Crippen LogP contribution in [0.25, 0.3) is 17.4 Å². The second-order valence-electron chi connectivity index (χ2n) is 6.43. The van der Waals surface area contributed by atoms with Gasteiger partial charge in [-0.15, -0.1) is 0 Å². The quantitative estimate of drug-likeness (QED) is 0.239. The van der Waals surface area contributed by atoms with Crippen molar-refractivity contribution in [3.05, 3.63) is 80.6 Å². The molecule has 0 spiro atoms. The SMILES string of the molecule is COc1ccc(-c2ccc(/C=C(\C#N)C(=O)Nc3cc(Cl)ccc3C)o2)c([N+](=O)[O-])c1. The maximum atomic E-state index is 12.5. The van der Waals surface area contributed by atoms with Crippen molar-refractivity contribution in [1.29, 1.82) is 5.26 Å². The monoisotopic (exact) mass is 437 g/mol. The molecular formula is C22H16ClN3O5. The lowest BCUT2D eigenvalue weighted by molar-refractivity contribution is -0.384. The van der Waals surface area contributed by atoms with Crippen LogP contribution in [0, 0.1) is 28.4 Å². The summed E-state index contributed by atoms with van der Waals surface area (Å²) in [6.45, 7) is 1.79. The van der Waals surface area contributed by atoms with Gasteiger partial charge in [0.2, 0.25) is 0 Å². The Balaban J connectivity index is 1.89. The smallest absolute Gasteiger partial charge is 0.284 e. The van der Waals surface area contributed by atoms with E-state index in [1.807, 2.05) is 6.07 Å². The summed E-state index contributed by atoms with van der Waals surface area (Å²) in [5.41, 5.74) is 1.10. The van der Waals surface area contributed by atoms with Crippen LogP contribution in [-0.4, -0.2) is 17.9 Å². The van der Waals surface area contributed by atoms with E-state index in [2.05, 4.69) is 5.32 Å². The molecule has 1 N–H and O–H groups in total. The fraction of sp³-hybridized carbons (Fsp3) is 0.0909. The highest BCUT2D eigenvalue weighted by Gasteiger charge is 2.20. The zero-order chi connectivity index (χ0) is 22.5. The molecule has 0 atom stereocenters. The van der Waals surface area contributed by atoms with E-state index in [4.69, 9.17) is 20.8 Å². The molecule has 0 saturated heterocycles. The first-order valence-electron chi connectivity index (χ1n) is 8.94. The van der Waals surface area contributed by atoms with Crippen molar-refractivity contribution in [3.8, 4) is 23.1 Å². The number of nitro groups is 1. The molecule has 0 aliphatic heterocycles. The van der Waals surface area contributed by atoms with Gasteiger partial charge in [-0.1, -0.05) is 17.7 Å². The fourth-order valence-electron chi connectivity index (χ4n) is 2.78. The van der Waals surface area contributed by atoms with E-state index in [1.165, 1.54) is 37.5 Å². The van der Waals surface area contributed by atoms with E-state index in [0.29, 0.717) is 16.5 Å². The second-order valence-corrected chi connectivity index (χ2v) is 6.86. The first-order chi connectivity index (χ1) is 14.8. The highest BCUT2D eigenvalue weighted by Crippen LogP contribution is 2.34. The van der Waals surface area contributed by atoms with Crippen LogP contribution in [0.15, 0.2) is 58.5 Å². The summed E-state index contributed by atoms with van der Waals surface area (Å²) in [5, 5.41) is 23.9. The number of halogens is 1. The summed E-state index contributed by atoms with van der Waals surface area (Å²) in [4.78, 5) is 23.4. The number of nitrogens with zero attached hydrogens (tertiary/aromatic N) is 2. The number of rotatable bonds is 6. The number of ether oxygens (including phenoxy) is 1. The number of amides is 1. The number of carbonyl (C=O) groups excluding carboxylic acids is 1. The Morgan fingerprint density at radius 3 is 2.71 bits per heavy atom. The Hall–Kier alpha value is -4.09. The summed E-state index contributed by atoms with van der Waals surface area (Å²) in [7, 11) is 1.41. The van der Waals surface area contributed by atoms with Crippen molar-refractivity contribution in [3.63, 3.8) is 0 Å². The number of nitro benzene ring substituents is 1. The Bertz CT molecular complexity index is 1240. The van der Waals surface area contributed by atoms with Crippen molar-refractivity contribution >= 4 is 35.0 Å². The van der Waals surface area contributed by atoms with Crippen LogP contribution in [0.1, 0.15) is 11.3 Å². The van der Waals surface area contributed by atoms with Crippen molar-refractivity contribution in [2.75, 3.05) is 12.4 Å². The minimum Gasteiger partial charge on any atom is -0.497 e. The van der Waals surface area contributed by atoms with Crippen molar-refractivity contribution in [1.82, 2.24) is 0 Å². The van der Waals surface area contributed by atoms with Gasteiger partial charge in [0.15, 0.2) is 0 Å². The molecule has 0 saturated carbocycles. The standard InChI is InChI=1S/C22H16ClN3O5/c1-13-3-4-15(23)10-19(13)25-22(27)14(12-24)9-17-6-8-21(31-17)18-7-5-16(30-2)11-20(18)26(28)29/h3-11H,1-2H3,(H,25,27)/b14-9+. The highest BCUT2D eigenvalue weighted by molar-refractivity contribution is 6.31. The van der Waals surface area contributed by atoms with Gasteiger partial charge in [-0.05, 0) is 48.9 Å². The van der Waals surface area contributed by atoms with Crippen LogP contribution in [0.3, 0.4) is 0 Å². The Morgan fingerprint density at radius 2 is 2.03 bits per heavy atom. The zero-order valence-electron chi connectivity index (χ0n) is 16.5. The summed E-state index contributed by atoms with van der Waals surface area (Å²) < 4.78 is 10.7. The number of nitrogens with one attached hydrogen (secondary N) is 1. The average molecular weight is 438 g/mol. The third-order valence-corrected chi connectivity index (χ3v) is 4.63. The molecule has 0 aliphatic rings. The summed E-state index contributed by atoms with van der Waals surface area (Å²) in [5.74, 6) is 0.0988. The number of nitriles is 1. The number of hydrogen-bond acceptors (Lipinski definition) is 6. The highest BCUT2D eigenvalue weighted by atomic mass is 35.5. The average Bonchev–Trinajstić information content (AvgIpc) is 3.22. The van der Waals surface area contributed by atoms with E-state index >= 15 is 0 Å². The molecule has 1 amide bonds. The van der Waals surface area contributed by atoms with Crippen LogP contribution in [0.5, 0.6) is 5.75 Å². The molecule has 156 valence electrons. The fourth-order valence-corrected chi connectivity index (χ4v) is 2.95. The van der Waals surface area contributed by atoms with E-state index in [1.54, 1.807) is 31.2 Å². The molecule has 8 nitrogen and oxygen atoms in total. The number of anilines is 1. The predicted octanol–water partition coefficient (Wildman–Crippen LogP) is 5.37. The van der Waals surface area contributed by atoms with E-state index < -0.39 is 10.8 Å². The van der Waals surface area contributed by atoms with Gasteiger partial charge in [-0.2, -0.15) is 5.26 Å². The van der Waals surface area contributed by atoms with Crippen molar-refractivity contribution in [2.45, 2.75) is 6.92 Å². The first kappa shape index (κ1) is 21.6. The molecule has 2 aromatic carbocycles. The second kappa shape index (κ2) is 9.15. The number of hydrogen-bond donors (Lipinski definition) is 1. The molecule has 0 fully saturated rings. The van der Waals surface area contributed by atoms with E-state index in [9.17, 15) is 20.2 Å². The van der Waals surface area contributed by atoms with E-state index in [-0.39, 0.29) is 28.3 Å². The van der Waals surface area contributed by atoms with Gasteiger partial charge >= 0.3 is 0 Å². The van der Waals surface area contributed by atoms with E-state index in [0.717, 1.165) is 5.56 Å². The van der Waals surface area contributed by atoms with Gasteiger partial charge in [-0.3, -0.25) is 14.9 Å². The maximum absolute atomic E-state index is 12.5. The largest absolute Gasteiger partial charge is 0.497 e. The predicted molar refractivity (Wildman–Crippen MR) is 116 cm³/mol. The molecule has 1 heterocycles. The molecular weight excluding hydrogens is 422 g/mol. The Kier molecular flexibility index (Phi) is 6.38. The van der Waals surface area contributed by atoms with Gasteiger partial charge in [0, 0.05) is 16.8 Å². The third-order valence-electron chi connectivity index (χ3n) is 4.39. The summed E-state index contributed by atoms with van der Waals surface area (Å²) >= 11 is 5.96. The molecule has 31 heavy (non-hydrogen) atoms. The Labute approximate surface area is 182 Å². The van der Waals surface area contributed by atoms with Gasteiger partial charge in [0.1, 0.15) is 28.9 Å². The van der Waals surface area contributed by atoms with Crippen LogP contribution < -0.4 is 10.1 Å². The molecule has 3 aromatic rings. The molecule has 9 heteroatoms. The Morgan fingerprint density at radius 1 is 1.26 bits per heavy atom.